The molecule has 1 fully saturated rings. The third-order valence-corrected chi connectivity index (χ3v) is 4.46. The zero-order valence-electron chi connectivity index (χ0n) is 12.5. The molecule has 0 aromatic rings. The number of hydrogen-bond donors (Lipinski definition) is 2. The first-order chi connectivity index (χ1) is 8.43. The van der Waals surface area contributed by atoms with Gasteiger partial charge in [0.1, 0.15) is 0 Å². The van der Waals surface area contributed by atoms with Gasteiger partial charge in [-0.2, -0.15) is 0 Å². The van der Waals surface area contributed by atoms with Gasteiger partial charge in [-0.3, -0.25) is 4.90 Å². The van der Waals surface area contributed by atoms with Crippen molar-refractivity contribution in [1.29, 1.82) is 0 Å². The third kappa shape index (κ3) is 4.52. The Morgan fingerprint density at radius 2 is 1.72 bits per heavy atom. The monoisotopic (exact) mass is 256 g/mol. The quantitative estimate of drug-likeness (QED) is 0.718. The molecule has 1 rings (SSSR count). The van der Waals surface area contributed by atoms with Crippen molar-refractivity contribution in [2.75, 3.05) is 19.6 Å². The van der Waals surface area contributed by atoms with E-state index in [0.717, 1.165) is 26.1 Å². The lowest BCUT2D eigenvalue weighted by Gasteiger charge is -2.43. The Balaban J connectivity index is 2.68. The summed E-state index contributed by atoms with van der Waals surface area (Å²) in [4.78, 5) is 2.52. The van der Waals surface area contributed by atoms with Crippen molar-refractivity contribution in [3.8, 4) is 0 Å². The second-order valence-corrected chi connectivity index (χ2v) is 6.48. The first-order valence-corrected chi connectivity index (χ1v) is 7.61. The molecule has 3 heteroatoms. The molecular formula is C15H32N2O. The van der Waals surface area contributed by atoms with Crippen LogP contribution in [0.4, 0.5) is 0 Å². The summed E-state index contributed by atoms with van der Waals surface area (Å²) in [5.41, 5.74) is 5.73. The van der Waals surface area contributed by atoms with Crippen molar-refractivity contribution < 1.29 is 5.11 Å². The van der Waals surface area contributed by atoms with Crippen molar-refractivity contribution in [2.24, 2.45) is 5.73 Å². The summed E-state index contributed by atoms with van der Waals surface area (Å²) in [7, 11) is 0. The fraction of sp³-hybridized carbons (Fsp3) is 1.00. The second-order valence-electron chi connectivity index (χ2n) is 6.48. The predicted molar refractivity (Wildman–Crippen MR) is 77.6 cm³/mol. The minimum atomic E-state index is -0.575. The molecule has 108 valence electrons. The van der Waals surface area contributed by atoms with Crippen LogP contribution in [0.3, 0.4) is 0 Å². The molecule has 0 aromatic carbocycles. The zero-order valence-corrected chi connectivity index (χ0v) is 12.5. The van der Waals surface area contributed by atoms with E-state index >= 15 is 0 Å². The molecule has 0 radical (unpaired) electrons. The highest BCUT2D eigenvalue weighted by Gasteiger charge is 2.35. The highest BCUT2D eigenvalue weighted by atomic mass is 16.3. The van der Waals surface area contributed by atoms with Crippen LogP contribution in [0.15, 0.2) is 0 Å². The molecule has 18 heavy (non-hydrogen) atoms. The predicted octanol–water partition coefficient (Wildman–Crippen LogP) is 2.52. The molecule has 1 aliphatic rings. The summed E-state index contributed by atoms with van der Waals surface area (Å²) >= 11 is 0. The summed E-state index contributed by atoms with van der Waals surface area (Å²) in [5, 5.41) is 9.91. The van der Waals surface area contributed by atoms with E-state index in [1.165, 1.54) is 38.5 Å². The topological polar surface area (TPSA) is 49.5 Å². The first-order valence-electron chi connectivity index (χ1n) is 7.61. The maximum Gasteiger partial charge on any atom is 0.0603 e. The van der Waals surface area contributed by atoms with Crippen LogP contribution in [0.25, 0.3) is 0 Å². The summed E-state index contributed by atoms with van der Waals surface area (Å²) < 4.78 is 0. The molecule has 1 saturated carbocycles. The average Bonchev–Trinajstić information content (AvgIpc) is 2.55. The van der Waals surface area contributed by atoms with Crippen LogP contribution < -0.4 is 5.73 Å². The molecule has 0 aliphatic heterocycles. The molecular weight excluding hydrogens is 224 g/mol. The number of hydrogen-bond acceptors (Lipinski definition) is 3. The molecule has 3 N–H and O–H groups in total. The van der Waals surface area contributed by atoms with Crippen LogP contribution in [-0.2, 0) is 0 Å². The molecule has 0 amide bonds. The zero-order chi connectivity index (χ0) is 13.6. The van der Waals surface area contributed by atoms with Crippen molar-refractivity contribution >= 4 is 0 Å². The average molecular weight is 256 g/mol. The Morgan fingerprint density at radius 1 is 1.17 bits per heavy atom. The molecule has 0 heterocycles. The Morgan fingerprint density at radius 3 is 2.11 bits per heavy atom. The van der Waals surface area contributed by atoms with Gasteiger partial charge in [0.2, 0.25) is 0 Å². The fourth-order valence-electron chi connectivity index (χ4n) is 3.18. The van der Waals surface area contributed by atoms with Gasteiger partial charge < -0.3 is 10.8 Å². The molecule has 3 nitrogen and oxygen atoms in total. The maximum absolute atomic E-state index is 9.91. The molecule has 0 bridgehead atoms. The maximum atomic E-state index is 9.91. The van der Waals surface area contributed by atoms with E-state index in [0.29, 0.717) is 0 Å². The van der Waals surface area contributed by atoms with Crippen LogP contribution in [0.2, 0.25) is 0 Å². The Kier molecular flexibility index (Phi) is 6.09. The van der Waals surface area contributed by atoms with Gasteiger partial charge in [0.25, 0.3) is 0 Å². The van der Waals surface area contributed by atoms with Gasteiger partial charge in [-0.1, -0.05) is 32.6 Å². The van der Waals surface area contributed by atoms with Crippen molar-refractivity contribution in [3.05, 3.63) is 0 Å². The Hall–Kier alpha value is -0.120. The van der Waals surface area contributed by atoms with Gasteiger partial charge in [-0.05, 0) is 39.7 Å². The largest absolute Gasteiger partial charge is 0.390 e. The Labute approximate surface area is 113 Å². The van der Waals surface area contributed by atoms with E-state index in [-0.39, 0.29) is 5.54 Å². The fourth-order valence-corrected chi connectivity index (χ4v) is 3.18. The molecule has 1 aliphatic carbocycles. The highest BCUT2D eigenvalue weighted by molar-refractivity contribution is 4.93. The number of rotatable bonds is 6. The molecule has 0 spiro atoms. The number of nitrogens with two attached hydrogens (primary N) is 1. The summed E-state index contributed by atoms with van der Waals surface area (Å²) in [6.45, 7) is 8.75. The van der Waals surface area contributed by atoms with E-state index in [1.807, 2.05) is 13.8 Å². The van der Waals surface area contributed by atoms with Crippen LogP contribution in [0.1, 0.15) is 65.7 Å². The molecule has 0 aromatic heterocycles. The van der Waals surface area contributed by atoms with Gasteiger partial charge in [0.15, 0.2) is 0 Å². The third-order valence-electron chi connectivity index (χ3n) is 4.46. The van der Waals surface area contributed by atoms with E-state index in [4.69, 9.17) is 5.73 Å². The minimum Gasteiger partial charge on any atom is -0.390 e. The number of likely N-dealkylation sites (N-methyl/N-ethyl adjacent to an activating group) is 1. The normalized spacial score (nSPS) is 21.0. The van der Waals surface area contributed by atoms with Crippen LogP contribution in [-0.4, -0.2) is 40.8 Å². The van der Waals surface area contributed by atoms with Gasteiger partial charge in [0, 0.05) is 18.6 Å². The number of aliphatic hydroxyl groups is 1. The smallest absolute Gasteiger partial charge is 0.0603 e. The standard InChI is InChI=1S/C15H32N2O/c1-4-17(12-11-14(2,3)18)15(13-16)9-7-5-6-8-10-15/h18H,4-13,16H2,1-3H3. The second kappa shape index (κ2) is 6.88. The lowest BCUT2D eigenvalue weighted by molar-refractivity contribution is 0.0261. The van der Waals surface area contributed by atoms with Crippen molar-refractivity contribution in [3.63, 3.8) is 0 Å². The summed E-state index contributed by atoms with van der Waals surface area (Å²) in [6, 6.07) is 0. The van der Waals surface area contributed by atoms with Crippen molar-refractivity contribution in [1.82, 2.24) is 4.90 Å². The van der Waals surface area contributed by atoms with Crippen LogP contribution >= 0.6 is 0 Å². The van der Waals surface area contributed by atoms with Gasteiger partial charge in [-0.15, -0.1) is 0 Å². The minimum absolute atomic E-state index is 0.191. The van der Waals surface area contributed by atoms with E-state index in [2.05, 4.69) is 11.8 Å². The van der Waals surface area contributed by atoms with E-state index in [1.54, 1.807) is 0 Å². The van der Waals surface area contributed by atoms with E-state index < -0.39 is 5.60 Å². The molecule has 0 atom stereocenters. The molecule has 0 unspecified atom stereocenters. The first kappa shape index (κ1) is 15.9. The lowest BCUT2D eigenvalue weighted by Crippen LogP contribution is -2.54. The number of nitrogens with zero attached hydrogens (tertiary/aromatic N) is 1. The van der Waals surface area contributed by atoms with Crippen LogP contribution in [0.5, 0.6) is 0 Å². The molecule has 0 saturated heterocycles. The van der Waals surface area contributed by atoms with Crippen LogP contribution in [0, 0.1) is 0 Å². The van der Waals surface area contributed by atoms with Gasteiger partial charge in [0.05, 0.1) is 5.60 Å². The van der Waals surface area contributed by atoms with Gasteiger partial charge >= 0.3 is 0 Å². The van der Waals surface area contributed by atoms with Gasteiger partial charge in [-0.25, -0.2) is 0 Å². The lowest BCUT2D eigenvalue weighted by atomic mass is 9.87. The Bertz CT molecular complexity index is 227. The van der Waals surface area contributed by atoms with E-state index in [9.17, 15) is 5.11 Å². The highest BCUT2D eigenvalue weighted by Crippen LogP contribution is 2.32. The SMILES string of the molecule is CCN(CCC(C)(C)O)C1(CN)CCCCCC1. The summed E-state index contributed by atoms with van der Waals surface area (Å²) in [5.74, 6) is 0. The van der Waals surface area contributed by atoms with Crippen molar-refractivity contribution in [2.45, 2.75) is 76.9 Å². The summed E-state index contributed by atoms with van der Waals surface area (Å²) in [6.07, 6.45) is 8.58.